The molecule has 0 aliphatic rings. The molecule has 0 aromatic heterocycles. The number of amides is 2. The molecule has 0 saturated heterocycles. The second kappa shape index (κ2) is 14.6. The Hall–Kier alpha value is -3.27. The second-order valence-electron chi connectivity index (χ2n) is 9.26. The lowest BCUT2D eigenvalue weighted by Gasteiger charge is -2.32. The number of nitrogens with zero attached hydrogens (tertiary/aromatic N) is 2. The van der Waals surface area contributed by atoms with E-state index in [-0.39, 0.29) is 43.8 Å². The van der Waals surface area contributed by atoms with Crippen LogP contribution in [0.1, 0.15) is 52.0 Å². The molecule has 2 aromatic rings. The number of methoxy groups -OCH3 is 2. The van der Waals surface area contributed by atoms with Crippen LogP contribution in [0.5, 0.6) is 11.5 Å². The van der Waals surface area contributed by atoms with Gasteiger partial charge in [-0.05, 0) is 56.0 Å². The predicted molar refractivity (Wildman–Crippen MR) is 150 cm³/mol. The fourth-order valence-electron chi connectivity index (χ4n) is 4.10. The molecular formula is C28H41N3O6S. The van der Waals surface area contributed by atoms with Gasteiger partial charge in [0.2, 0.25) is 21.8 Å². The third kappa shape index (κ3) is 8.93. The van der Waals surface area contributed by atoms with Gasteiger partial charge in [0.05, 0.1) is 26.2 Å². The molecule has 0 heterocycles. The second-order valence-corrected chi connectivity index (χ2v) is 11.2. The lowest BCUT2D eigenvalue weighted by Crippen LogP contribution is -2.50. The first kappa shape index (κ1) is 31.0. The fraction of sp³-hybridized carbons (Fsp3) is 0.500. The van der Waals surface area contributed by atoms with Crippen molar-refractivity contribution in [1.82, 2.24) is 10.2 Å². The smallest absolute Gasteiger partial charge is 0.243 e. The summed E-state index contributed by atoms with van der Waals surface area (Å²) >= 11 is 0. The van der Waals surface area contributed by atoms with E-state index in [0.29, 0.717) is 23.6 Å². The first-order valence-corrected chi connectivity index (χ1v) is 14.7. The van der Waals surface area contributed by atoms with Crippen molar-refractivity contribution in [3.05, 3.63) is 54.1 Å². The van der Waals surface area contributed by atoms with E-state index in [4.69, 9.17) is 9.47 Å². The van der Waals surface area contributed by atoms with E-state index in [1.54, 1.807) is 36.3 Å². The van der Waals surface area contributed by atoms with Crippen LogP contribution in [0.15, 0.2) is 48.5 Å². The van der Waals surface area contributed by atoms with Crippen LogP contribution in [0, 0.1) is 0 Å². The number of nitrogens with one attached hydrogen (secondary N) is 1. The van der Waals surface area contributed by atoms with Crippen molar-refractivity contribution in [2.75, 3.05) is 31.3 Å². The molecule has 2 rings (SSSR count). The predicted octanol–water partition coefficient (Wildman–Crippen LogP) is 3.97. The molecule has 2 atom stereocenters. The Balaban J connectivity index is 2.25. The Labute approximate surface area is 227 Å². The summed E-state index contributed by atoms with van der Waals surface area (Å²) in [6.45, 7) is 6.13. The highest BCUT2D eigenvalue weighted by molar-refractivity contribution is 7.92. The number of hydrogen-bond donors (Lipinski definition) is 1. The molecule has 0 unspecified atom stereocenters. The van der Waals surface area contributed by atoms with Gasteiger partial charge >= 0.3 is 0 Å². The van der Waals surface area contributed by atoms with Crippen molar-refractivity contribution in [3.8, 4) is 11.5 Å². The van der Waals surface area contributed by atoms with Crippen LogP contribution < -0.4 is 19.1 Å². The molecule has 1 N–H and O–H groups in total. The van der Waals surface area contributed by atoms with Crippen LogP contribution in [0.3, 0.4) is 0 Å². The average Bonchev–Trinajstić information content (AvgIpc) is 2.90. The van der Waals surface area contributed by atoms with Crippen molar-refractivity contribution in [2.24, 2.45) is 0 Å². The molecule has 0 fully saturated rings. The van der Waals surface area contributed by atoms with Gasteiger partial charge in [-0.2, -0.15) is 0 Å². The van der Waals surface area contributed by atoms with E-state index < -0.39 is 16.1 Å². The zero-order valence-electron chi connectivity index (χ0n) is 23.3. The third-order valence-electron chi connectivity index (χ3n) is 6.37. The van der Waals surface area contributed by atoms with Gasteiger partial charge in [0, 0.05) is 31.6 Å². The molecule has 0 aliphatic heterocycles. The summed E-state index contributed by atoms with van der Waals surface area (Å²) in [4.78, 5) is 28.3. The van der Waals surface area contributed by atoms with Gasteiger partial charge < -0.3 is 19.7 Å². The Morgan fingerprint density at radius 2 is 1.61 bits per heavy atom. The van der Waals surface area contributed by atoms with Crippen molar-refractivity contribution in [3.63, 3.8) is 0 Å². The van der Waals surface area contributed by atoms with E-state index in [1.807, 2.05) is 45.0 Å². The summed E-state index contributed by atoms with van der Waals surface area (Å²) < 4.78 is 36.9. The average molecular weight is 548 g/mol. The molecule has 2 amide bonds. The lowest BCUT2D eigenvalue weighted by atomic mass is 10.1. The van der Waals surface area contributed by atoms with Crippen LogP contribution in [0.25, 0.3) is 0 Å². The van der Waals surface area contributed by atoms with E-state index in [9.17, 15) is 18.0 Å². The zero-order valence-corrected chi connectivity index (χ0v) is 24.1. The molecule has 2 aromatic carbocycles. The van der Waals surface area contributed by atoms with E-state index in [0.717, 1.165) is 18.2 Å². The van der Waals surface area contributed by atoms with Gasteiger partial charge in [0.25, 0.3) is 0 Å². The van der Waals surface area contributed by atoms with E-state index in [1.165, 1.54) is 11.4 Å². The van der Waals surface area contributed by atoms with Crippen molar-refractivity contribution in [1.29, 1.82) is 0 Å². The van der Waals surface area contributed by atoms with Crippen LogP contribution in [-0.4, -0.2) is 64.2 Å². The topological polar surface area (TPSA) is 105 Å². The highest BCUT2D eigenvalue weighted by Gasteiger charge is 2.29. The first-order chi connectivity index (χ1) is 18.0. The summed E-state index contributed by atoms with van der Waals surface area (Å²) in [5, 5.41) is 2.99. The summed E-state index contributed by atoms with van der Waals surface area (Å²) in [7, 11) is -0.503. The number of benzene rings is 2. The molecule has 10 heteroatoms. The molecular weight excluding hydrogens is 506 g/mol. The van der Waals surface area contributed by atoms with Crippen molar-refractivity contribution in [2.45, 2.75) is 65.1 Å². The minimum absolute atomic E-state index is 0.0171. The fourth-order valence-corrected chi connectivity index (χ4v) is 5.05. The van der Waals surface area contributed by atoms with Crippen LogP contribution in [-0.2, 0) is 26.2 Å². The highest BCUT2D eigenvalue weighted by Crippen LogP contribution is 2.24. The van der Waals surface area contributed by atoms with Crippen LogP contribution in [0.2, 0.25) is 0 Å². The summed E-state index contributed by atoms with van der Waals surface area (Å²) in [6, 6.07) is 13.5. The number of ether oxygens (including phenoxy) is 2. The molecule has 0 spiro atoms. The quantitative estimate of drug-likeness (QED) is 0.362. The number of carbonyl (C=O) groups excluding carboxylic acids is 2. The number of hydrogen-bond acceptors (Lipinski definition) is 6. The summed E-state index contributed by atoms with van der Waals surface area (Å²) in [5.41, 5.74) is 1.30. The molecule has 0 aliphatic carbocycles. The van der Waals surface area contributed by atoms with Gasteiger partial charge in [-0.15, -0.1) is 0 Å². The van der Waals surface area contributed by atoms with E-state index >= 15 is 0 Å². The van der Waals surface area contributed by atoms with Gasteiger partial charge in [-0.1, -0.05) is 32.0 Å². The summed E-state index contributed by atoms with van der Waals surface area (Å²) in [6.07, 6.45) is 2.71. The van der Waals surface area contributed by atoms with Crippen LogP contribution >= 0.6 is 0 Å². The van der Waals surface area contributed by atoms with Gasteiger partial charge in [-0.3, -0.25) is 13.9 Å². The number of anilines is 1. The van der Waals surface area contributed by atoms with Gasteiger partial charge in [-0.25, -0.2) is 8.42 Å². The van der Waals surface area contributed by atoms with Crippen LogP contribution in [0.4, 0.5) is 5.69 Å². The summed E-state index contributed by atoms with van der Waals surface area (Å²) in [5.74, 6) is 0.772. The lowest BCUT2D eigenvalue weighted by molar-refractivity contribution is -0.141. The van der Waals surface area contributed by atoms with Gasteiger partial charge in [0.1, 0.15) is 17.5 Å². The van der Waals surface area contributed by atoms with Gasteiger partial charge in [0.15, 0.2) is 0 Å². The Morgan fingerprint density at radius 3 is 2.18 bits per heavy atom. The minimum atomic E-state index is -3.59. The third-order valence-corrected chi connectivity index (χ3v) is 7.56. The first-order valence-electron chi connectivity index (χ1n) is 12.9. The minimum Gasteiger partial charge on any atom is -0.497 e. The van der Waals surface area contributed by atoms with E-state index in [2.05, 4.69) is 5.32 Å². The Bertz CT molecular complexity index is 1170. The molecule has 0 bridgehead atoms. The zero-order chi connectivity index (χ0) is 28.3. The number of carbonyl (C=O) groups is 2. The molecule has 38 heavy (non-hydrogen) atoms. The van der Waals surface area contributed by atoms with Crippen molar-refractivity contribution < 1.29 is 27.5 Å². The monoisotopic (exact) mass is 547 g/mol. The normalized spacial score (nSPS) is 12.8. The van der Waals surface area contributed by atoms with Crippen molar-refractivity contribution >= 4 is 27.5 Å². The molecule has 9 nitrogen and oxygen atoms in total. The number of rotatable bonds is 15. The standard InChI is InChI=1S/C28H41N3O6S/c1-7-21(3)29-28(33)26(8-2)30(20-22-12-9-14-24(18-22)36-4)27(32)16-11-17-31(38(6,34)35)23-13-10-15-25(19-23)37-5/h9-10,12-15,18-19,21,26H,7-8,11,16-17,20H2,1-6H3,(H,29,33)/t21-,26+/m1/s1. The Kier molecular flexibility index (Phi) is 11.9. The largest absolute Gasteiger partial charge is 0.497 e. The molecule has 0 radical (unpaired) electrons. The SMILES string of the molecule is CC[C@@H](C)NC(=O)[C@H](CC)N(Cc1cccc(OC)c1)C(=O)CCCN(c1cccc(OC)c1)S(C)(=O)=O. The maximum atomic E-state index is 13.6. The molecule has 0 saturated carbocycles. The Morgan fingerprint density at radius 1 is 0.974 bits per heavy atom. The maximum absolute atomic E-state index is 13.6. The highest BCUT2D eigenvalue weighted by atomic mass is 32.2. The maximum Gasteiger partial charge on any atom is 0.243 e. The number of sulfonamides is 1. The molecule has 210 valence electrons.